The maximum absolute atomic E-state index is 6.10. The lowest BCUT2D eigenvalue weighted by Crippen LogP contribution is -2.44. The van der Waals surface area contributed by atoms with Gasteiger partial charge in [0.2, 0.25) is 0 Å². The number of nitrogens with zero attached hydrogens (tertiary/aromatic N) is 1. The van der Waals surface area contributed by atoms with Crippen LogP contribution in [-0.4, -0.2) is 30.6 Å². The molecule has 2 nitrogen and oxygen atoms in total. The van der Waals surface area contributed by atoms with Crippen LogP contribution in [0.25, 0.3) is 0 Å². The minimum Gasteiger partial charge on any atom is -0.307 e. The average Bonchev–Trinajstić information content (AvgIpc) is 2.43. The summed E-state index contributed by atoms with van der Waals surface area (Å²) >= 11 is 12.1. The van der Waals surface area contributed by atoms with Gasteiger partial charge in [-0.15, -0.1) is 0 Å². The molecule has 21 heavy (non-hydrogen) atoms. The van der Waals surface area contributed by atoms with E-state index in [1.165, 1.54) is 38.0 Å². The smallest absolute Gasteiger partial charge is 0.0595 e. The van der Waals surface area contributed by atoms with E-state index in [2.05, 4.69) is 37.1 Å². The molecule has 0 aliphatic carbocycles. The molecule has 2 rings (SSSR count). The van der Waals surface area contributed by atoms with E-state index in [0.717, 1.165) is 5.92 Å². The molecule has 1 unspecified atom stereocenters. The largest absolute Gasteiger partial charge is 0.307 e. The monoisotopic (exact) mass is 328 g/mol. The van der Waals surface area contributed by atoms with Gasteiger partial charge < -0.3 is 10.2 Å². The Bertz CT molecular complexity index is 454. The molecule has 0 bridgehead atoms. The molecule has 0 saturated carbocycles. The number of likely N-dealkylation sites (tertiary alicyclic amines) is 1. The number of piperidine rings is 1. The average molecular weight is 329 g/mol. The summed E-state index contributed by atoms with van der Waals surface area (Å²) in [7, 11) is 0. The quantitative estimate of drug-likeness (QED) is 0.837. The molecule has 1 fully saturated rings. The van der Waals surface area contributed by atoms with Crippen LogP contribution in [0.15, 0.2) is 18.2 Å². The fourth-order valence-electron chi connectivity index (χ4n) is 3.03. The van der Waals surface area contributed by atoms with Crippen LogP contribution in [0.4, 0.5) is 0 Å². The summed E-state index contributed by atoms with van der Waals surface area (Å²) in [6.07, 6.45) is 2.44. The van der Waals surface area contributed by atoms with Crippen LogP contribution in [0, 0.1) is 5.92 Å². The third-order valence-electron chi connectivity index (χ3n) is 4.14. The summed E-state index contributed by atoms with van der Waals surface area (Å²) in [5.41, 5.74) is 1.20. The van der Waals surface area contributed by atoms with E-state index in [9.17, 15) is 0 Å². The van der Waals surface area contributed by atoms with E-state index in [4.69, 9.17) is 23.2 Å². The van der Waals surface area contributed by atoms with Crippen LogP contribution in [0.2, 0.25) is 10.0 Å². The number of rotatable bonds is 5. The summed E-state index contributed by atoms with van der Waals surface area (Å²) in [6.45, 7) is 10.4. The standard InChI is InChI=1S/C17H26Cl2N2/c1-12(2)11-21-8-6-15(7-9-21)20-13(3)14-4-5-16(18)17(19)10-14/h4-5,10,12-13,15,20H,6-9,11H2,1-3H3. The van der Waals surface area contributed by atoms with Crippen LogP contribution in [0.3, 0.4) is 0 Å². The van der Waals surface area contributed by atoms with E-state index >= 15 is 0 Å². The summed E-state index contributed by atoms with van der Waals surface area (Å²) in [5, 5.41) is 4.98. The predicted molar refractivity (Wildman–Crippen MR) is 92.3 cm³/mol. The highest BCUT2D eigenvalue weighted by Gasteiger charge is 2.21. The van der Waals surface area contributed by atoms with Crippen LogP contribution in [0.5, 0.6) is 0 Å². The van der Waals surface area contributed by atoms with Gasteiger partial charge in [0, 0.05) is 18.6 Å². The summed E-state index contributed by atoms with van der Waals surface area (Å²) in [5.74, 6) is 0.754. The van der Waals surface area contributed by atoms with Crippen molar-refractivity contribution in [2.24, 2.45) is 5.92 Å². The number of nitrogens with one attached hydrogen (secondary N) is 1. The van der Waals surface area contributed by atoms with Crippen LogP contribution in [0.1, 0.15) is 45.2 Å². The van der Waals surface area contributed by atoms with Crippen molar-refractivity contribution in [3.05, 3.63) is 33.8 Å². The minimum absolute atomic E-state index is 0.307. The van der Waals surface area contributed by atoms with Gasteiger partial charge in [-0.2, -0.15) is 0 Å². The molecule has 1 saturated heterocycles. The van der Waals surface area contributed by atoms with Crippen molar-refractivity contribution in [1.82, 2.24) is 10.2 Å². The highest BCUT2D eigenvalue weighted by atomic mass is 35.5. The Morgan fingerprint density at radius 3 is 2.38 bits per heavy atom. The Morgan fingerprint density at radius 2 is 1.81 bits per heavy atom. The first-order valence-corrected chi connectivity index (χ1v) is 8.64. The van der Waals surface area contributed by atoms with Gasteiger partial charge in [-0.3, -0.25) is 0 Å². The zero-order valence-electron chi connectivity index (χ0n) is 13.2. The molecular formula is C17H26Cl2N2. The van der Waals surface area contributed by atoms with Gasteiger partial charge in [0.25, 0.3) is 0 Å². The van der Waals surface area contributed by atoms with Gasteiger partial charge in [-0.25, -0.2) is 0 Å². The fraction of sp³-hybridized carbons (Fsp3) is 0.647. The first-order valence-electron chi connectivity index (χ1n) is 7.89. The van der Waals surface area contributed by atoms with Crippen molar-refractivity contribution in [1.29, 1.82) is 0 Å². The molecule has 118 valence electrons. The zero-order chi connectivity index (χ0) is 15.4. The van der Waals surface area contributed by atoms with E-state index in [1.54, 1.807) is 0 Å². The summed E-state index contributed by atoms with van der Waals surface area (Å²) < 4.78 is 0. The van der Waals surface area contributed by atoms with Crippen molar-refractivity contribution in [3.63, 3.8) is 0 Å². The molecule has 0 radical (unpaired) electrons. The Labute approximate surface area is 138 Å². The highest BCUT2D eigenvalue weighted by molar-refractivity contribution is 6.42. The van der Waals surface area contributed by atoms with Crippen molar-refractivity contribution in [3.8, 4) is 0 Å². The Balaban J connectivity index is 1.84. The first-order chi connectivity index (χ1) is 9.95. The van der Waals surface area contributed by atoms with E-state index in [0.29, 0.717) is 22.1 Å². The molecule has 1 aromatic rings. The summed E-state index contributed by atoms with van der Waals surface area (Å²) in [4.78, 5) is 2.58. The third-order valence-corrected chi connectivity index (χ3v) is 4.88. The lowest BCUT2D eigenvalue weighted by molar-refractivity contribution is 0.175. The van der Waals surface area contributed by atoms with E-state index < -0.39 is 0 Å². The molecule has 0 aromatic heterocycles. The van der Waals surface area contributed by atoms with E-state index in [1.807, 2.05) is 12.1 Å². The van der Waals surface area contributed by atoms with Gasteiger partial charge in [0.15, 0.2) is 0 Å². The topological polar surface area (TPSA) is 15.3 Å². The molecule has 1 heterocycles. The lowest BCUT2D eigenvalue weighted by atomic mass is 10.0. The van der Waals surface area contributed by atoms with Gasteiger partial charge in [0.05, 0.1) is 10.0 Å². The number of halogens is 2. The third kappa shape index (κ3) is 5.14. The maximum atomic E-state index is 6.10. The highest BCUT2D eigenvalue weighted by Crippen LogP contribution is 2.26. The van der Waals surface area contributed by atoms with Crippen molar-refractivity contribution in [2.45, 2.75) is 45.7 Å². The van der Waals surface area contributed by atoms with Gasteiger partial charge in [-0.1, -0.05) is 43.1 Å². The molecule has 1 aliphatic heterocycles. The molecule has 0 amide bonds. The second-order valence-corrected chi connectivity index (χ2v) is 7.35. The van der Waals surface area contributed by atoms with Crippen molar-refractivity contribution < 1.29 is 0 Å². The molecular weight excluding hydrogens is 303 g/mol. The van der Waals surface area contributed by atoms with Gasteiger partial charge >= 0.3 is 0 Å². The number of hydrogen-bond acceptors (Lipinski definition) is 2. The summed E-state index contributed by atoms with van der Waals surface area (Å²) in [6, 6.07) is 6.80. The normalized spacial score (nSPS) is 19.1. The molecule has 4 heteroatoms. The van der Waals surface area contributed by atoms with Gasteiger partial charge in [-0.05, 0) is 56.5 Å². The SMILES string of the molecule is CC(C)CN1CCC(NC(C)c2ccc(Cl)c(Cl)c2)CC1. The van der Waals surface area contributed by atoms with Crippen molar-refractivity contribution in [2.75, 3.05) is 19.6 Å². The first kappa shape index (κ1) is 17.1. The number of benzene rings is 1. The second-order valence-electron chi connectivity index (χ2n) is 6.53. The van der Waals surface area contributed by atoms with Crippen LogP contribution < -0.4 is 5.32 Å². The maximum Gasteiger partial charge on any atom is 0.0595 e. The fourth-order valence-corrected chi connectivity index (χ4v) is 3.34. The number of hydrogen-bond donors (Lipinski definition) is 1. The van der Waals surface area contributed by atoms with Crippen LogP contribution in [-0.2, 0) is 0 Å². The Hall–Kier alpha value is -0.280. The molecule has 1 aliphatic rings. The molecule has 1 aromatic carbocycles. The van der Waals surface area contributed by atoms with Crippen molar-refractivity contribution >= 4 is 23.2 Å². The molecule has 1 N–H and O–H groups in total. The van der Waals surface area contributed by atoms with Crippen LogP contribution >= 0.6 is 23.2 Å². The molecule has 1 atom stereocenters. The predicted octanol–water partition coefficient (Wildman–Crippen LogP) is 4.76. The Kier molecular flexibility index (Phi) is 6.36. The lowest BCUT2D eigenvalue weighted by Gasteiger charge is -2.34. The zero-order valence-corrected chi connectivity index (χ0v) is 14.7. The Morgan fingerprint density at radius 1 is 1.14 bits per heavy atom. The molecule has 0 spiro atoms. The minimum atomic E-state index is 0.307. The van der Waals surface area contributed by atoms with Gasteiger partial charge in [0.1, 0.15) is 0 Å². The van der Waals surface area contributed by atoms with E-state index in [-0.39, 0.29) is 0 Å². The second kappa shape index (κ2) is 7.82.